The Hall–Kier alpha value is -1.81. The number of hydrogen-bond donors (Lipinski definition) is 0. The van der Waals surface area contributed by atoms with Crippen LogP contribution >= 0.6 is 15.9 Å². The van der Waals surface area contributed by atoms with Gasteiger partial charge in [-0.2, -0.15) is 0 Å². The van der Waals surface area contributed by atoms with Crippen molar-refractivity contribution in [2.24, 2.45) is 0 Å². The quantitative estimate of drug-likeness (QED) is 0.627. The first-order valence-electron chi connectivity index (χ1n) is 6.13. The summed E-state index contributed by atoms with van der Waals surface area (Å²) in [6.45, 7) is 2.63. The molecule has 3 nitrogen and oxygen atoms in total. The standard InChI is InChI=1S/C15H11BrN2O/c1-9-6-10(16)7-18-12-8-19-13-5-3-2-4-11(13)14(12)17-15(9)18/h2-7H,8H2,1H3. The number of halogens is 1. The van der Waals surface area contributed by atoms with E-state index >= 15 is 0 Å². The summed E-state index contributed by atoms with van der Waals surface area (Å²) in [6, 6.07) is 10.1. The van der Waals surface area contributed by atoms with E-state index < -0.39 is 0 Å². The molecule has 0 bridgehead atoms. The van der Waals surface area contributed by atoms with Crippen LogP contribution in [0.2, 0.25) is 0 Å². The van der Waals surface area contributed by atoms with Crippen LogP contribution in [0.25, 0.3) is 16.9 Å². The van der Waals surface area contributed by atoms with Gasteiger partial charge >= 0.3 is 0 Å². The molecule has 1 aliphatic rings. The van der Waals surface area contributed by atoms with E-state index in [9.17, 15) is 0 Å². The highest BCUT2D eigenvalue weighted by atomic mass is 79.9. The first-order chi connectivity index (χ1) is 9.24. The highest BCUT2D eigenvalue weighted by molar-refractivity contribution is 9.10. The number of aromatic nitrogens is 2. The zero-order valence-corrected chi connectivity index (χ0v) is 11.9. The molecule has 94 valence electrons. The Bertz CT molecular complexity index is 807. The summed E-state index contributed by atoms with van der Waals surface area (Å²) >= 11 is 3.54. The van der Waals surface area contributed by atoms with Gasteiger partial charge in [0.2, 0.25) is 0 Å². The van der Waals surface area contributed by atoms with Gasteiger partial charge < -0.3 is 4.74 Å². The molecule has 0 fully saturated rings. The summed E-state index contributed by atoms with van der Waals surface area (Å²) < 4.78 is 8.99. The van der Waals surface area contributed by atoms with Crippen LogP contribution in [0.1, 0.15) is 11.3 Å². The van der Waals surface area contributed by atoms with Gasteiger partial charge in [-0.15, -0.1) is 0 Å². The Kier molecular flexibility index (Phi) is 2.23. The predicted molar refractivity (Wildman–Crippen MR) is 77.4 cm³/mol. The average molecular weight is 315 g/mol. The minimum absolute atomic E-state index is 0.559. The molecule has 0 saturated heterocycles. The van der Waals surface area contributed by atoms with Crippen LogP contribution in [0, 0.1) is 6.92 Å². The van der Waals surface area contributed by atoms with Crippen LogP contribution in [0.5, 0.6) is 5.75 Å². The Labute approximate surface area is 119 Å². The van der Waals surface area contributed by atoms with E-state index in [4.69, 9.17) is 9.72 Å². The van der Waals surface area contributed by atoms with Crippen LogP contribution in [-0.4, -0.2) is 9.38 Å². The number of aryl methyl sites for hydroxylation is 1. The van der Waals surface area contributed by atoms with Gasteiger partial charge in [0, 0.05) is 16.2 Å². The van der Waals surface area contributed by atoms with Gasteiger partial charge in [-0.25, -0.2) is 4.98 Å². The smallest absolute Gasteiger partial charge is 0.140 e. The van der Waals surface area contributed by atoms with Gasteiger partial charge in [-0.3, -0.25) is 4.40 Å². The average Bonchev–Trinajstić information content (AvgIpc) is 2.78. The molecule has 3 heterocycles. The molecule has 4 rings (SSSR count). The molecular formula is C15H11BrN2O. The molecule has 1 aromatic carbocycles. The van der Waals surface area contributed by atoms with E-state index in [1.807, 2.05) is 24.4 Å². The van der Waals surface area contributed by atoms with Gasteiger partial charge in [-0.1, -0.05) is 12.1 Å². The number of benzene rings is 1. The van der Waals surface area contributed by atoms with Gasteiger partial charge in [0.15, 0.2) is 0 Å². The number of ether oxygens (including phenoxy) is 1. The maximum atomic E-state index is 5.82. The molecule has 3 aromatic rings. The highest BCUT2D eigenvalue weighted by Crippen LogP contribution is 2.37. The fourth-order valence-electron chi connectivity index (χ4n) is 2.60. The molecule has 0 aliphatic carbocycles. The summed E-state index contributed by atoms with van der Waals surface area (Å²) in [6.07, 6.45) is 2.05. The lowest BCUT2D eigenvalue weighted by Gasteiger charge is -2.16. The van der Waals surface area contributed by atoms with E-state index in [1.54, 1.807) is 0 Å². The molecule has 0 unspecified atom stereocenters. The normalized spacial score (nSPS) is 12.9. The SMILES string of the molecule is Cc1cc(Br)cn2c3c(nc12)-c1ccccc1OC3. The first kappa shape index (κ1) is 11.1. The van der Waals surface area contributed by atoms with Crippen LogP contribution in [0.4, 0.5) is 0 Å². The third kappa shape index (κ3) is 1.53. The topological polar surface area (TPSA) is 26.5 Å². The largest absolute Gasteiger partial charge is 0.487 e. The number of imidazole rings is 1. The zero-order chi connectivity index (χ0) is 13.0. The lowest BCUT2D eigenvalue weighted by molar-refractivity contribution is 0.296. The fraction of sp³-hybridized carbons (Fsp3) is 0.133. The predicted octanol–water partition coefficient (Wildman–Crippen LogP) is 3.96. The minimum Gasteiger partial charge on any atom is -0.487 e. The maximum Gasteiger partial charge on any atom is 0.140 e. The summed E-state index contributed by atoms with van der Waals surface area (Å²) in [5.74, 6) is 0.912. The van der Waals surface area contributed by atoms with Crippen molar-refractivity contribution >= 4 is 21.6 Å². The molecule has 19 heavy (non-hydrogen) atoms. The monoisotopic (exact) mass is 314 g/mol. The summed E-state index contributed by atoms with van der Waals surface area (Å²) in [4.78, 5) is 4.80. The van der Waals surface area contributed by atoms with Gasteiger partial charge in [0.05, 0.1) is 11.4 Å². The molecule has 0 radical (unpaired) electrons. The number of para-hydroxylation sites is 1. The molecule has 0 spiro atoms. The fourth-order valence-corrected chi connectivity index (χ4v) is 3.15. The van der Waals surface area contributed by atoms with Crippen molar-refractivity contribution in [3.8, 4) is 17.0 Å². The maximum absolute atomic E-state index is 5.82. The number of nitrogens with zero attached hydrogens (tertiary/aromatic N) is 2. The summed E-state index contributed by atoms with van der Waals surface area (Å²) in [5.41, 5.74) is 5.36. The van der Waals surface area contributed by atoms with Crippen molar-refractivity contribution < 1.29 is 4.74 Å². The van der Waals surface area contributed by atoms with Crippen LogP contribution in [0.3, 0.4) is 0 Å². The number of hydrogen-bond acceptors (Lipinski definition) is 2. The van der Waals surface area contributed by atoms with Gasteiger partial charge in [0.25, 0.3) is 0 Å². The third-order valence-corrected chi connectivity index (χ3v) is 3.91. The second-order valence-electron chi connectivity index (χ2n) is 4.73. The molecule has 0 N–H and O–H groups in total. The molecular weight excluding hydrogens is 304 g/mol. The van der Waals surface area contributed by atoms with Gasteiger partial charge in [0.1, 0.15) is 18.0 Å². The first-order valence-corrected chi connectivity index (χ1v) is 6.92. The Morgan fingerprint density at radius 3 is 3.05 bits per heavy atom. The molecule has 4 heteroatoms. The number of fused-ring (bicyclic) bond motifs is 5. The number of rotatable bonds is 0. The van der Waals surface area contributed by atoms with Crippen LogP contribution in [-0.2, 0) is 6.61 Å². The van der Waals surface area contributed by atoms with Crippen LogP contribution in [0.15, 0.2) is 41.0 Å². The Morgan fingerprint density at radius 2 is 2.16 bits per heavy atom. The van der Waals surface area contributed by atoms with Crippen molar-refractivity contribution in [1.82, 2.24) is 9.38 Å². The molecule has 0 amide bonds. The van der Waals surface area contributed by atoms with Crippen LogP contribution < -0.4 is 4.74 Å². The zero-order valence-electron chi connectivity index (χ0n) is 10.4. The lowest BCUT2D eigenvalue weighted by Crippen LogP contribution is -2.07. The van der Waals surface area contributed by atoms with Crippen molar-refractivity contribution in [2.75, 3.05) is 0 Å². The Morgan fingerprint density at radius 1 is 1.32 bits per heavy atom. The molecule has 0 atom stereocenters. The van der Waals surface area contributed by atoms with Crippen molar-refractivity contribution in [1.29, 1.82) is 0 Å². The van der Waals surface area contributed by atoms with E-state index in [1.165, 1.54) is 0 Å². The summed E-state index contributed by atoms with van der Waals surface area (Å²) in [7, 11) is 0. The van der Waals surface area contributed by atoms with E-state index in [2.05, 4.69) is 39.4 Å². The Balaban J connectivity index is 2.11. The molecule has 1 aliphatic heterocycles. The number of pyridine rings is 1. The van der Waals surface area contributed by atoms with E-state index in [-0.39, 0.29) is 0 Å². The highest BCUT2D eigenvalue weighted by Gasteiger charge is 2.23. The van der Waals surface area contributed by atoms with E-state index in [0.29, 0.717) is 6.61 Å². The van der Waals surface area contributed by atoms with E-state index in [0.717, 1.165) is 38.4 Å². The lowest BCUT2D eigenvalue weighted by atomic mass is 10.1. The van der Waals surface area contributed by atoms with Gasteiger partial charge in [-0.05, 0) is 46.6 Å². The minimum atomic E-state index is 0.559. The second kappa shape index (κ2) is 3.84. The molecule has 0 saturated carbocycles. The van der Waals surface area contributed by atoms with Crippen molar-refractivity contribution in [3.05, 3.63) is 52.3 Å². The van der Waals surface area contributed by atoms with Crippen molar-refractivity contribution in [2.45, 2.75) is 13.5 Å². The molecule has 2 aromatic heterocycles. The van der Waals surface area contributed by atoms with Crippen molar-refractivity contribution in [3.63, 3.8) is 0 Å². The summed E-state index contributed by atoms with van der Waals surface area (Å²) in [5, 5.41) is 0. The second-order valence-corrected chi connectivity index (χ2v) is 5.64. The third-order valence-electron chi connectivity index (χ3n) is 3.48.